The summed E-state index contributed by atoms with van der Waals surface area (Å²) in [5, 5.41) is 45.5. The largest absolute Gasteiger partial charge is 0.511 e. The molecule has 8 nitrogen and oxygen atoms in total. The molecule has 1 atom stereocenters. The molecule has 0 unspecified atom stereocenters. The number of ether oxygens (including phenoxy) is 1. The first kappa shape index (κ1) is 33.4. The van der Waals surface area contributed by atoms with Crippen molar-refractivity contribution < 1.29 is 39.5 Å². The van der Waals surface area contributed by atoms with Crippen molar-refractivity contribution in [2.45, 2.75) is 99.5 Å². The number of hydrogen-bond donors (Lipinski definition) is 4. The Morgan fingerprint density at radius 2 is 1.60 bits per heavy atom. The maximum Gasteiger partial charge on any atom is 0.183 e. The van der Waals surface area contributed by atoms with Crippen LogP contribution in [0.15, 0.2) is 52.0 Å². The van der Waals surface area contributed by atoms with Crippen LogP contribution in [0, 0.1) is 5.41 Å². The quantitative estimate of drug-likeness (QED) is 0.116. The van der Waals surface area contributed by atoms with Crippen molar-refractivity contribution >= 4 is 23.4 Å². The first-order valence-electron chi connectivity index (χ1n) is 14.7. The van der Waals surface area contributed by atoms with Gasteiger partial charge in [0.05, 0.1) is 11.0 Å². The molecule has 8 heteroatoms. The Bertz CT molecular complexity index is 1510. The zero-order valence-electron chi connectivity index (χ0n) is 26.5. The maximum absolute atomic E-state index is 13.6. The Hall–Kier alpha value is -4.07. The van der Waals surface area contributed by atoms with Crippen molar-refractivity contribution in [1.29, 1.82) is 0 Å². The lowest BCUT2D eigenvalue weighted by atomic mass is 9.70. The van der Waals surface area contributed by atoms with Crippen LogP contribution in [0.1, 0.15) is 109 Å². The molecule has 0 spiro atoms. The number of aliphatic hydroxyl groups excluding tert-OH is 2. The lowest BCUT2D eigenvalue weighted by molar-refractivity contribution is -0.127. The van der Waals surface area contributed by atoms with Crippen molar-refractivity contribution in [3.63, 3.8) is 0 Å². The Kier molecular flexibility index (Phi) is 9.84. The Balaban J connectivity index is 2.21. The molecule has 43 heavy (non-hydrogen) atoms. The van der Waals surface area contributed by atoms with E-state index in [-0.39, 0.29) is 40.9 Å². The predicted octanol–water partition coefficient (Wildman–Crippen LogP) is 7.69. The molecule has 0 bridgehead atoms. The van der Waals surface area contributed by atoms with Crippen molar-refractivity contribution in [3.05, 3.63) is 68.7 Å². The fourth-order valence-corrected chi connectivity index (χ4v) is 5.41. The molecule has 232 valence electrons. The molecule has 1 heterocycles. The number of phenols is 2. The lowest BCUT2D eigenvalue weighted by Crippen LogP contribution is -2.38. The van der Waals surface area contributed by atoms with E-state index in [2.05, 4.69) is 6.08 Å². The van der Waals surface area contributed by atoms with E-state index in [0.29, 0.717) is 6.42 Å². The second-order valence-electron chi connectivity index (χ2n) is 12.5. The molecule has 0 saturated carbocycles. The second-order valence-corrected chi connectivity index (χ2v) is 12.5. The molecule has 4 N–H and O–H groups in total. The first-order valence-corrected chi connectivity index (χ1v) is 14.7. The van der Waals surface area contributed by atoms with Crippen molar-refractivity contribution in [3.8, 4) is 17.2 Å². The van der Waals surface area contributed by atoms with Gasteiger partial charge in [0.15, 0.2) is 17.3 Å². The van der Waals surface area contributed by atoms with Crippen LogP contribution in [-0.4, -0.2) is 43.4 Å². The van der Waals surface area contributed by atoms with Crippen molar-refractivity contribution in [2.24, 2.45) is 5.41 Å². The number of rotatable bonds is 11. The van der Waals surface area contributed by atoms with Crippen LogP contribution in [0.4, 0.5) is 0 Å². The van der Waals surface area contributed by atoms with Gasteiger partial charge in [-0.2, -0.15) is 0 Å². The van der Waals surface area contributed by atoms with E-state index in [4.69, 9.17) is 4.74 Å². The Morgan fingerprint density at radius 3 is 2.19 bits per heavy atom. The van der Waals surface area contributed by atoms with Gasteiger partial charge in [-0.25, -0.2) is 0 Å². The van der Waals surface area contributed by atoms with Crippen LogP contribution in [-0.2, 0) is 16.0 Å². The lowest BCUT2D eigenvalue weighted by Gasteiger charge is -2.34. The molecule has 1 aliphatic heterocycles. The first-order chi connectivity index (χ1) is 20.0. The van der Waals surface area contributed by atoms with Crippen molar-refractivity contribution in [1.82, 2.24) is 0 Å². The van der Waals surface area contributed by atoms with E-state index in [1.165, 1.54) is 12.5 Å². The third-order valence-corrected chi connectivity index (χ3v) is 8.02. The van der Waals surface area contributed by atoms with Crippen molar-refractivity contribution in [2.75, 3.05) is 0 Å². The average Bonchev–Trinajstić information content (AvgIpc) is 2.90. The molecule has 3 rings (SSSR count). The summed E-state index contributed by atoms with van der Waals surface area (Å²) in [6, 6.07) is 0. The molecule has 2 aliphatic rings. The standard InChI is InChI=1S/C35H44O8/c1-9-11-25(37)27-29(39)23(28(38)22-15-16-34(6,7)43-31(22)27)18-24-30(40)26(21(5)36)33(42)35(8,32(24)41)17-14-20(4)13-10-12-19(2)3/h12,14-16,38-41H,9-11,13,17-18H2,1-8H3/b20-14+/t35-/m1/s1. The number of Topliss-reactive ketones (excluding diaryl/α,β-unsaturated/α-hetero) is 3. The summed E-state index contributed by atoms with van der Waals surface area (Å²) in [4.78, 5) is 39.4. The molecule has 1 aliphatic carbocycles. The van der Waals surface area contributed by atoms with Crippen LogP contribution in [0.25, 0.3) is 6.08 Å². The zero-order valence-corrected chi connectivity index (χ0v) is 26.5. The zero-order chi connectivity index (χ0) is 32.4. The molecule has 0 saturated heterocycles. The highest BCUT2D eigenvalue weighted by atomic mass is 16.5. The third-order valence-electron chi connectivity index (χ3n) is 8.02. The molecule has 1 aromatic carbocycles. The molecular weight excluding hydrogens is 548 g/mol. The fourth-order valence-electron chi connectivity index (χ4n) is 5.41. The van der Waals surface area contributed by atoms with E-state index < -0.39 is 63.4 Å². The maximum atomic E-state index is 13.6. The molecule has 0 fully saturated rings. The van der Waals surface area contributed by atoms with Gasteiger partial charge in [0, 0.05) is 24.0 Å². The minimum absolute atomic E-state index is 0.0458. The van der Waals surface area contributed by atoms with Gasteiger partial charge in [-0.3, -0.25) is 14.4 Å². The number of hydrogen-bond acceptors (Lipinski definition) is 8. The fraction of sp³-hybridized carbons (Fsp3) is 0.457. The van der Waals surface area contributed by atoms with Crippen LogP contribution in [0.5, 0.6) is 17.2 Å². The number of carbonyl (C=O) groups is 3. The highest BCUT2D eigenvalue weighted by Crippen LogP contribution is 2.50. The second kappa shape index (κ2) is 12.7. The Labute approximate surface area is 253 Å². The summed E-state index contributed by atoms with van der Waals surface area (Å²) < 4.78 is 6.01. The minimum atomic E-state index is -1.59. The summed E-state index contributed by atoms with van der Waals surface area (Å²) >= 11 is 0. The van der Waals surface area contributed by atoms with Gasteiger partial charge in [0.1, 0.15) is 45.5 Å². The predicted molar refractivity (Wildman–Crippen MR) is 167 cm³/mol. The highest BCUT2D eigenvalue weighted by molar-refractivity contribution is 6.23. The van der Waals surface area contributed by atoms with Gasteiger partial charge in [0.25, 0.3) is 0 Å². The van der Waals surface area contributed by atoms with Crippen LogP contribution in [0.2, 0.25) is 0 Å². The summed E-state index contributed by atoms with van der Waals surface area (Å²) in [5.41, 5.74) is -0.955. The number of carbonyl (C=O) groups excluding carboxylic acids is 3. The van der Waals surface area contributed by atoms with Gasteiger partial charge in [-0.15, -0.1) is 0 Å². The molecule has 0 amide bonds. The van der Waals surface area contributed by atoms with E-state index in [1.807, 2.05) is 33.8 Å². The molecule has 0 aromatic heterocycles. The number of allylic oxidation sites excluding steroid dienone is 7. The highest BCUT2D eigenvalue weighted by Gasteiger charge is 2.47. The van der Waals surface area contributed by atoms with Gasteiger partial charge >= 0.3 is 0 Å². The van der Waals surface area contributed by atoms with Crippen LogP contribution in [0.3, 0.4) is 0 Å². The SMILES string of the molecule is CCCC(=O)c1c(O)c(CC2=C(O)[C@@](C)(C/C=C(\C)CCC=C(C)C)C(=O)C(C(C)=O)=C2O)c(O)c2c1OC(C)(C)C=C2. The average molecular weight is 593 g/mol. The summed E-state index contributed by atoms with van der Waals surface area (Å²) in [7, 11) is 0. The van der Waals surface area contributed by atoms with Gasteiger partial charge in [-0.1, -0.05) is 30.2 Å². The van der Waals surface area contributed by atoms with Gasteiger partial charge in [-0.05, 0) is 86.3 Å². The van der Waals surface area contributed by atoms with E-state index in [9.17, 15) is 34.8 Å². The summed E-state index contributed by atoms with van der Waals surface area (Å²) in [6.45, 7) is 14.0. The van der Waals surface area contributed by atoms with E-state index >= 15 is 0 Å². The summed E-state index contributed by atoms with van der Waals surface area (Å²) in [5.74, 6) is -3.90. The number of aliphatic hydroxyl groups is 2. The number of fused-ring (bicyclic) bond motifs is 1. The third kappa shape index (κ3) is 6.63. The molecule has 1 aromatic rings. The van der Waals surface area contributed by atoms with Gasteiger partial charge < -0.3 is 25.2 Å². The molecular formula is C35H44O8. The number of benzene rings is 1. The number of ketones is 3. The van der Waals surface area contributed by atoms with E-state index in [0.717, 1.165) is 25.3 Å². The van der Waals surface area contributed by atoms with Crippen LogP contribution >= 0.6 is 0 Å². The monoisotopic (exact) mass is 592 g/mol. The smallest absolute Gasteiger partial charge is 0.183 e. The Morgan fingerprint density at radius 1 is 0.953 bits per heavy atom. The number of phenolic OH excluding ortho intramolecular Hbond substituents is 2. The summed E-state index contributed by atoms with van der Waals surface area (Å²) in [6.07, 6.45) is 9.00. The molecule has 0 radical (unpaired) electrons. The topological polar surface area (TPSA) is 141 Å². The van der Waals surface area contributed by atoms with Crippen LogP contribution < -0.4 is 4.74 Å². The normalized spacial score (nSPS) is 19.7. The van der Waals surface area contributed by atoms with E-state index in [1.54, 1.807) is 26.0 Å². The minimum Gasteiger partial charge on any atom is -0.511 e. The van der Waals surface area contributed by atoms with Gasteiger partial charge in [0.2, 0.25) is 0 Å². The number of aromatic hydroxyl groups is 2.